The maximum Gasteiger partial charge on any atom is 0.252 e. The van der Waals surface area contributed by atoms with E-state index < -0.39 is 0 Å². The first-order valence-corrected chi connectivity index (χ1v) is 10.8. The number of hydrogen-bond donors (Lipinski definition) is 1. The van der Waals surface area contributed by atoms with E-state index in [1.54, 1.807) is 7.11 Å². The van der Waals surface area contributed by atoms with E-state index in [0.29, 0.717) is 0 Å². The molecule has 4 rings (SSSR count). The standard InChI is InChI=1S/C26H30N2O2/c1-16-14-17(2)24-22(15-16)23(26(29)27-20-8-6-5-7-9-20)18(3)25(28-24)19-10-12-21(30-4)13-11-19/h10-15,20H,5-9H2,1-4H3,(H,27,29). The summed E-state index contributed by atoms with van der Waals surface area (Å²) < 4.78 is 5.30. The first kappa shape index (κ1) is 20.4. The van der Waals surface area contributed by atoms with Crippen molar-refractivity contribution < 1.29 is 9.53 Å². The van der Waals surface area contributed by atoms with Gasteiger partial charge in [-0.05, 0) is 75.1 Å². The number of fused-ring (bicyclic) bond motifs is 1. The summed E-state index contributed by atoms with van der Waals surface area (Å²) in [7, 11) is 1.66. The zero-order valence-electron chi connectivity index (χ0n) is 18.3. The van der Waals surface area contributed by atoms with Gasteiger partial charge in [0.1, 0.15) is 5.75 Å². The van der Waals surface area contributed by atoms with Crippen molar-refractivity contribution in [2.24, 2.45) is 0 Å². The third kappa shape index (κ3) is 3.91. The van der Waals surface area contributed by atoms with Crippen molar-refractivity contribution in [3.05, 3.63) is 58.7 Å². The lowest BCUT2D eigenvalue weighted by atomic mass is 9.92. The van der Waals surface area contributed by atoms with Crippen molar-refractivity contribution in [2.45, 2.75) is 58.9 Å². The van der Waals surface area contributed by atoms with Crippen LogP contribution in [0.15, 0.2) is 36.4 Å². The number of hydrogen-bond acceptors (Lipinski definition) is 3. The summed E-state index contributed by atoms with van der Waals surface area (Å²) in [5.41, 5.74) is 6.64. The Labute approximate surface area is 178 Å². The maximum absolute atomic E-state index is 13.5. The number of methoxy groups -OCH3 is 1. The average molecular weight is 403 g/mol. The van der Waals surface area contributed by atoms with Crippen LogP contribution in [-0.2, 0) is 0 Å². The minimum Gasteiger partial charge on any atom is -0.497 e. The minimum atomic E-state index is 0.0200. The maximum atomic E-state index is 13.5. The van der Waals surface area contributed by atoms with Crippen LogP contribution >= 0.6 is 0 Å². The highest BCUT2D eigenvalue weighted by Crippen LogP contribution is 2.33. The fraction of sp³-hybridized carbons (Fsp3) is 0.385. The van der Waals surface area contributed by atoms with Gasteiger partial charge in [-0.15, -0.1) is 0 Å². The van der Waals surface area contributed by atoms with Crippen molar-refractivity contribution in [2.75, 3.05) is 7.11 Å². The summed E-state index contributed by atoms with van der Waals surface area (Å²) in [6, 6.07) is 12.4. The van der Waals surface area contributed by atoms with Gasteiger partial charge in [-0.1, -0.05) is 30.9 Å². The SMILES string of the molecule is COc1ccc(-c2nc3c(C)cc(C)cc3c(C(=O)NC3CCCCC3)c2C)cc1. The molecule has 1 heterocycles. The van der Waals surface area contributed by atoms with E-state index in [4.69, 9.17) is 9.72 Å². The highest BCUT2D eigenvalue weighted by atomic mass is 16.5. The van der Waals surface area contributed by atoms with Gasteiger partial charge in [-0.2, -0.15) is 0 Å². The summed E-state index contributed by atoms with van der Waals surface area (Å²) in [5, 5.41) is 4.26. The number of benzene rings is 2. The second kappa shape index (κ2) is 8.47. The summed E-state index contributed by atoms with van der Waals surface area (Å²) in [4.78, 5) is 18.5. The number of amides is 1. The van der Waals surface area contributed by atoms with Gasteiger partial charge in [-0.25, -0.2) is 4.98 Å². The fourth-order valence-corrected chi connectivity index (χ4v) is 4.64. The molecule has 156 valence electrons. The molecule has 1 N–H and O–H groups in total. The Morgan fingerprint density at radius 3 is 2.40 bits per heavy atom. The second-order valence-corrected chi connectivity index (χ2v) is 8.48. The van der Waals surface area contributed by atoms with Gasteiger partial charge in [-0.3, -0.25) is 4.79 Å². The molecule has 1 amide bonds. The van der Waals surface area contributed by atoms with Crippen LogP contribution in [0.25, 0.3) is 22.2 Å². The largest absolute Gasteiger partial charge is 0.497 e. The van der Waals surface area contributed by atoms with Gasteiger partial charge in [0.2, 0.25) is 0 Å². The molecule has 0 aliphatic heterocycles. The predicted molar refractivity (Wildman–Crippen MR) is 122 cm³/mol. The minimum absolute atomic E-state index is 0.0200. The van der Waals surface area contributed by atoms with Crippen molar-refractivity contribution >= 4 is 16.8 Å². The smallest absolute Gasteiger partial charge is 0.252 e. The van der Waals surface area contributed by atoms with Crippen LogP contribution in [0.5, 0.6) is 5.75 Å². The number of aromatic nitrogens is 1. The Morgan fingerprint density at radius 2 is 1.73 bits per heavy atom. The molecule has 1 aliphatic rings. The number of aryl methyl sites for hydroxylation is 2. The Morgan fingerprint density at radius 1 is 1.03 bits per heavy atom. The van der Waals surface area contributed by atoms with E-state index in [1.807, 2.05) is 31.2 Å². The molecule has 4 heteroatoms. The van der Waals surface area contributed by atoms with Gasteiger partial charge < -0.3 is 10.1 Å². The number of ether oxygens (including phenoxy) is 1. The van der Waals surface area contributed by atoms with Gasteiger partial charge in [0, 0.05) is 17.0 Å². The summed E-state index contributed by atoms with van der Waals surface area (Å²) in [5.74, 6) is 0.825. The summed E-state index contributed by atoms with van der Waals surface area (Å²) >= 11 is 0. The zero-order chi connectivity index (χ0) is 21.3. The van der Waals surface area contributed by atoms with Crippen molar-refractivity contribution in [3.8, 4) is 17.0 Å². The normalized spacial score (nSPS) is 14.7. The Kier molecular flexibility index (Phi) is 5.76. The Balaban J connectivity index is 1.87. The molecule has 1 fully saturated rings. The molecule has 1 aromatic heterocycles. The second-order valence-electron chi connectivity index (χ2n) is 8.48. The van der Waals surface area contributed by atoms with Crippen LogP contribution in [-0.4, -0.2) is 24.0 Å². The number of carbonyl (C=O) groups excluding carboxylic acids is 1. The summed E-state index contributed by atoms with van der Waals surface area (Å²) in [6.07, 6.45) is 5.78. The van der Waals surface area contributed by atoms with Gasteiger partial charge >= 0.3 is 0 Å². The first-order chi connectivity index (χ1) is 14.5. The highest BCUT2D eigenvalue weighted by molar-refractivity contribution is 6.09. The molecule has 1 saturated carbocycles. The van der Waals surface area contributed by atoms with Gasteiger partial charge in [0.05, 0.1) is 23.9 Å². The third-order valence-corrected chi connectivity index (χ3v) is 6.20. The monoisotopic (exact) mass is 402 g/mol. The molecule has 30 heavy (non-hydrogen) atoms. The predicted octanol–water partition coefficient (Wildman–Crippen LogP) is 5.90. The van der Waals surface area contributed by atoms with Gasteiger partial charge in [0.15, 0.2) is 0 Å². The van der Waals surface area contributed by atoms with E-state index in [0.717, 1.165) is 63.0 Å². The number of nitrogens with zero attached hydrogens (tertiary/aromatic N) is 1. The van der Waals surface area contributed by atoms with Crippen molar-refractivity contribution in [3.63, 3.8) is 0 Å². The Bertz CT molecular complexity index is 1080. The molecule has 2 aromatic carbocycles. The van der Waals surface area contributed by atoms with E-state index in [2.05, 4.69) is 31.3 Å². The topological polar surface area (TPSA) is 51.2 Å². The molecule has 0 saturated heterocycles. The van der Waals surface area contributed by atoms with Crippen LogP contribution in [0.2, 0.25) is 0 Å². The molecule has 4 nitrogen and oxygen atoms in total. The number of rotatable bonds is 4. The molecular formula is C26H30N2O2. The Hall–Kier alpha value is -2.88. The van der Waals surface area contributed by atoms with Gasteiger partial charge in [0.25, 0.3) is 5.91 Å². The molecule has 3 aromatic rings. The number of nitrogens with one attached hydrogen (secondary N) is 1. The average Bonchev–Trinajstić information content (AvgIpc) is 2.74. The lowest BCUT2D eigenvalue weighted by Gasteiger charge is -2.24. The van der Waals surface area contributed by atoms with E-state index in [1.165, 1.54) is 19.3 Å². The van der Waals surface area contributed by atoms with Crippen molar-refractivity contribution in [1.82, 2.24) is 10.3 Å². The number of carbonyl (C=O) groups is 1. The lowest BCUT2D eigenvalue weighted by molar-refractivity contribution is 0.0929. The molecular weight excluding hydrogens is 372 g/mol. The molecule has 0 spiro atoms. The quantitative estimate of drug-likeness (QED) is 0.591. The lowest BCUT2D eigenvalue weighted by Crippen LogP contribution is -2.36. The van der Waals surface area contributed by atoms with E-state index in [-0.39, 0.29) is 11.9 Å². The van der Waals surface area contributed by atoms with Crippen LogP contribution in [0.3, 0.4) is 0 Å². The van der Waals surface area contributed by atoms with E-state index in [9.17, 15) is 4.79 Å². The van der Waals surface area contributed by atoms with Crippen LogP contribution in [0.1, 0.15) is 59.2 Å². The van der Waals surface area contributed by atoms with Crippen LogP contribution < -0.4 is 10.1 Å². The third-order valence-electron chi connectivity index (χ3n) is 6.20. The molecule has 0 radical (unpaired) electrons. The van der Waals surface area contributed by atoms with Crippen LogP contribution in [0.4, 0.5) is 0 Å². The summed E-state index contributed by atoms with van der Waals surface area (Å²) in [6.45, 7) is 6.15. The highest BCUT2D eigenvalue weighted by Gasteiger charge is 2.23. The first-order valence-electron chi connectivity index (χ1n) is 10.8. The fourth-order valence-electron chi connectivity index (χ4n) is 4.64. The molecule has 1 aliphatic carbocycles. The van der Waals surface area contributed by atoms with Crippen LogP contribution in [0, 0.1) is 20.8 Å². The van der Waals surface area contributed by atoms with E-state index >= 15 is 0 Å². The molecule has 0 bridgehead atoms. The molecule has 0 unspecified atom stereocenters. The zero-order valence-corrected chi connectivity index (χ0v) is 18.3. The van der Waals surface area contributed by atoms with Crippen molar-refractivity contribution in [1.29, 1.82) is 0 Å². The number of pyridine rings is 1. The molecule has 0 atom stereocenters.